The topological polar surface area (TPSA) is 39.1 Å². The lowest BCUT2D eigenvalue weighted by Crippen LogP contribution is -2.36. The minimum Gasteiger partial charge on any atom is -0.371 e. The van der Waals surface area contributed by atoms with Gasteiger partial charge in [-0.25, -0.2) is 0 Å². The van der Waals surface area contributed by atoms with Crippen molar-refractivity contribution in [3.8, 4) is 6.07 Å². The van der Waals surface area contributed by atoms with E-state index in [1.165, 1.54) is 18.5 Å². The molecule has 1 aromatic carbocycles. The zero-order valence-electron chi connectivity index (χ0n) is 12.0. The Labute approximate surface area is 130 Å². The van der Waals surface area contributed by atoms with E-state index in [1.807, 2.05) is 6.07 Å². The smallest absolute Gasteiger partial charge is 0.100 e. The molecule has 0 radical (unpaired) electrons. The lowest BCUT2D eigenvalue weighted by molar-refractivity contribution is 0.373. The Morgan fingerprint density at radius 2 is 2.15 bits per heavy atom. The highest BCUT2D eigenvalue weighted by molar-refractivity contribution is 9.10. The molecule has 4 heteroatoms. The molecule has 108 valence electrons. The van der Waals surface area contributed by atoms with Crippen molar-refractivity contribution in [2.24, 2.45) is 5.92 Å². The van der Waals surface area contributed by atoms with Crippen molar-refractivity contribution in [1.29, 1.82) is 5.26 Å². The number of nitrogens with one attached hydrogen (secondary N) is 1. The standard InChI is InChI=1S/C16H22BrN3/c1-2-9-20(12-13-5-7-19-8-6-13)15-4-3-14(11-18)16(17)10-15/h3-4,10,13,19H,2,5-9,12H2,1H3. The average Bonchev–Trinajstić information content (AvgIpc) is 2.48. The van der Waals surface area contributed by atoms with Gasteiger partial charge in [0, 0.05) is 23.2 Å². The van der Waals surface area contributed by atoms with Crippen molar-refractivity contribution in [3.05, 3.63) is 28.2 Å². The van der Waals surface area contributed by atoms with Gasteiger partial charge in [-0.2, -0.15) is 5.26 Å². The minimum absolute atomic E-state index is 0.701. The molecule has 1 aliphatic rings. The molecule has 0 atom stereocenters. The molecule has 1 fully saturated rings. The van der Waals surface area contributed by atoms with Crippen molar-refractivity contribution < 1.29 is 0 Å². The third-order valence-electron chi connectivity index (χ3n) is 3.87. The highest BCUT2D eigenvalue weighted by Crippen LogP contribution is 2.26. The second kappa shape index (κ2) is 7.66. The van der Waals surface area contributed by atoms with Crippen LogP contribution in [0.15, 0.2) is 22.7 Å². The van der Waals surface area contributed by atoms with Crippen LogP contribution in [0.25, 0.3) is 0 Å². The SMILES string of the molecule is CCCN(CC1CCNCC1)c1ccc(C#N)c(Br)c1. The zero-order valence-corrected chi connectivity index (χ0v) is 13.6. The van der Waals surface area contributed by atoms with Crippen LogP contribution in [-0.4, -0.2) is 26.2 Å². The molecule has 20 heavy (non-hydrogen) atoms. The maximum atomic E-state index is 9.01. The number of hydrogen-bond acceptors (Lipinski definition) is 3. The summed E-state index contributed by atoms with van der Waals surface area (Å²) < 4.78 is 0.893. The van der Waals surface area contributed by atoms with Gasteiger partial charge in [-0.15, -0.1) is 0 Å². The lowest BCUT2D eigenvalue weighted by atomic mass is 9.97. The number of hydrogen-bond donors (Lipinski definition) is 1. The zero-order chi connectivity index (χ0) is 14.4. The summed E-state index contributed by atoms with van der Waals surface area (Å²) in [5.41, 5.74) is 1.92. The first-order valence-corrected chi connectivity index (χ1v) is 8.19. The first-order valence-electron chi connectivity index (χ1n) is 7.40. The third kappa shape index (κ3) is 3.97. The van der Waals surface area contributed by atoms with Crippen molar-refractivity contribution in [3.63, 3.8) is 0 Å². The van der Waals surface area contributed by atoms with Gasteiger partial charge in [0.1, 0.15) is 6.07 Å². The molecule has 1 heterocycles. The van der Waals surface area contributed by atoms with Gasteiger partial charge < -0.3 is 10.2 Å². The molecule has 0 bridgehead atoms. The van der Waals surface area contributed by atoms with Crippen molar-refractivity contribution in [2.45, 2.75) is 26.2 Å². The molecule has 0 aromatic heterocycles. The Morgan fingerprint density at radius 3 is 2.75 bits per heavy atom. The molecule has 1 aromatic rings. The van der Waals surface area contributed by atoms with E-state index in [1.54, 1.807) is 0 Å². The number of benzene rings is 1. The van der Waals surface area contributed by atoms with E-state index in [-0.39, 0.29) is 0 Å². The molecule has 1 saturated heterocycles. The Hall–Kier alpha value is -1.05. The van der Waals surface area contributed by atoms with E-state index in [0.29, 0.717) is 5.56 Å². The van der Waals surface area contributed by atoms with Crippen LogP contribution in [0.5, 0.6) is 0 Å². The van der Waals surface area contributed by atoms with Crippen LogP contribution in [0.3, 0.4) is 0 Å². The van der Waals surface area contributed by atoms with E-state index >= 15 is 0 Å². The predicted octanol–water partition coefficient (Wildman–Crippen LogP) is 3.54. The van der Waals surface area contributed by atoms with E-state index in [0.717, 1.165) is 43.0 Å². The van der Waals surface area contributed by atoms with E-state index < -0.39 is 0 Å². The quantitative estimate of drug-likeness (QED) is 0.894. The maximum Gasteiger partial charge on any atom is 0.100 e. The summed E-state index contributed by atoms with van der Waals surface area (Å²) in [7, 11) is 0. The highest BCUT2D eigenvalue weighted by atomic mass is 79.9. The molecule has 1 aliphatic heterocycles. The molecule has 2 rings (SSSR count). The summed E-state index contributed by atoms with van der Waals surface area (Å²) in [6.45, 7) is 6.69. The number of piperidine rings is 1. The summed E-state index contributed by atoms with van der Waals surface area (Å²) in [6.07, 6.45) is 3.66. The monoisotopic (exact) mass is 335 g/mol. The van der Waals surface area contributed by atoms with Gasteiger partial charge in [0.15, 0.2) is 0 Å². The van der Waals surface area contributed by atoms with Crippen LogP contribution in [0, 0.1) is 17.2 Å². The Balaban J connectivity index is 2.10. The minimum atomic E-state index is 0.701. The Kier molecular flexibility index (Phi) is 5.87. The fourth-order valence-corrected chi connectivity index (χ4v) is 3.22. The van der Waals surface area contributed by atoms with Gasteiger partial charge in [-0.1, -0.05) is 6.92 Å². The number of anilines is 1. The maximum absolute atomic E-state index is 9.01. The van der Waals surface area contributed by atoms with Gasteiger partial charge in [-0.05, 0) is 72.4 Å². The normalized spacial score (nSPS) is 15.8. The number of rotatable bonds is 5. The fourth-order valence-electron chi connectivity index (χ4n) is 2.76. The molecule has 0 amide bonds. The molecular weight excluding hydrogens is 314 g/mol. The average molecular weight is 336 g/mol. The number of nitrogens with zero attached hydrogens (tertiary/aromatic N) is 2. The van der Waals surface area contributed by atoms with Crippen molar-refractivity contribution >= 4 is 21.6 Å². The van der Waals surface area contributed by atoms with Crippen molar-refractivity contribution in [2.75, 3.05) is 31.1 Å². The van der Waals surface area contributed by atoms with Crippen LogP contribution in [0.4, 0.5) is 5.69 Å². The largest absolute Gasteiger partial charge is 0.371 e. The van der Waals surface area contributed by atoms with Gasteiger partial charge in [0.2, 0.25) is 0 Å². The summed E-state index contributed by atoms with van der Waals surface area (Å²) in [6, 6.07) is 8.26. The van der Waals surface area contributed by atoms with E-state index in [9.17, 15) is 0 Å². The molecule has 0 spiro atoms. The Bertz CT molecular complexity index is 475. The third-order valence-corrected chi connectivity index (χ3v) is 4.53. The lowest BCUT2D eigenvalue weighted by Gasteiger charge is -2.31. The molecule has 0 unspecified atom stereocenters. The van der Waals surface area contributed by atoms with Crippen LogP contribution >= 0.6 is 15.9 Å². The molecule has 3 nitrogen and oxygen atoms in total. The molecule has 0 aliphatic carbocycles. The number of halogens is 1. The van der Waals surface area contributed by atoms with Gasteiger partial charge >= 0.3 is 0 Å². The van der Waals surface area contributed by atoms with Crippen LogP contribution < -0.4 is 10.2 Å². The van der Waals surface area contributed by atoms with Gasteiger partial charge in [0.25, 0.3) is 0 Å². The second-order valence-corrected chi connectivity index (χ2v) is 6.27. The van der Waals surface area contributed by atoms with E-state index in [2.05, 4.69) is 51.3 Å². The van der Waals surface area contributed by atoms with Crippen molar-refractivity contribution in [1.82, 2.24) is 5.32 Å². The predicted molar refractivity (Wildman–Crippen MR) is 87.0 cm³/mol. The summed E-state index contributed by atoms with van der Waals surface area (Å²) in [5, 5.41) is 12.4. The Morgan fingerprint density at radius 1 is 1.40 bits per heavy atom. The second-order valence-electron chi connectivity index (χ2n) is 5.42. The van der Waals surface area contributed by atoms with Crippen LogP contribution in [-0.2, 0) is 0 Å². The van der Waals surface area contributed by atoms with Gasteiger partial charge in [0.05, 0.1) is 5.56 Å². The summed E-state index contributed by atoms with van der Waals surface area (Å²) in [4.78, 5) is 2.46. The summed E-state index contributed by atoms with van der Waals surface area (Å²) >= 11 is 3.49. The molecular formula is C16H22BrN3. The van der Waals surface area contributed by atoms with Crippen LogP contribution in [0.1, 0.15) is 31.7 Å². The number of nitriles is 1. The van der Waals surface area contributed by atoms with E-state index in [4.69, 9.17) is 5.26 Å². The highest BCUT2D eigenvalue weighted by Gasteiger charge is 2.17. The molecule has 1 N–H and O–H groups in total. The first kappa shape index (κ1) is 15.3. The van der Waals surface area contributed by atoms with Crippen LogP contribution in [0.2, 0.25) is 0 Å². The first-order chi connectivity index (χ1) is 9.74. The fraction of sp³-hybridized carbons (Fsp3) is 0.562. The van der Waals surface area contributed by atoms with Gasteiger partial charge in [-0.3, -0.25) is 0 Å². The molecule has 0 saturated carbocycles. The summed E-state index contributed by atoms with van der Waals surface area (Å²) in [5.74, 6) is 0.775.